The average Bonchev–Trinajstić information content (AvgIpc) is 2.81. The highest BCUT2D eigenvalue weighted by molar-refractivity contribution is 7.11. The highest BCUT2D eigenvalue weighted by atomic mass is 32.1. The van der Waals surface area contributed by atoms with E-state index in [1.165, 1.54) is 12.1 Å². The second-order valence-corrected chi connectivity index (χ2v) is 5.21. The molecule has 1 aromatic heterocycles. The number of nitrogens with one attached hydrogen (secondary N) is 2. The van der Waals surface area contributed by atoms with E-state index in [2.05, 4.69) is 15.7 Å². The predicted octanol–water partition coefficient (Wildman–Crippen LogP) is 2.26. The summed E-state index contributed by atoms with van der Waals surface area (Å²) in [4.78, 5) is 15.7. The largest absolute Gasteiger partial charge is 0.378 e. The Hall–Kier alpha value is -2.19. The number of anilines is 2. The summed E-state index contributed by atoms with van der Waals surface area (Å²) in [5.74, 6) is 5.29. The van der Waals surface area contributed by atoms with Gasteiger partial charge in [-0.2, -0.15) is 0 Å². The number of aromatic nitrogens is 1. The van der Waals surface area contributed by atoms with Crippen molar-refractivity contribution in [2.45, 2.75) is 13.5 Å². The number of nitro groups is 1. The Bertz CT molecular complexity index is 599. The lowest BCUT2D eigenvalue weighted by Crippen LogP contribution is -2.08. The second-order valence-electron chi connectivity index (χ2n) is 3.89. The number of benzene rings is 1. The van der Waals surface area contributed by atoms with Gasteiger partial charge in [0, 0.05) is 28.9 Å². The molecule has 0 aliphatic carbocycles. The van der Waals surface area contributed by atoms with Gasteiger partial charge in [0.1, 0.15) is 5.01 Å². The van der Waals surface area contributed by atoms with Gasteiger partial charge in [-0.3, -0.25) is 16.0 Å². The third-order valence-electron chi connectivity index (χ3n) is 2.41. The molecule has 0 bridgehead atoms. The molecule has 2 rings (SSSR count). The lowest BCUT2D eigenvalue weighted by molar-refractivity contribution is -0.384. The monoisotopic (exact) mass is 279 g/mol. The van der Waals surface area contributed by atoms with Crippen LogP contribution in [-0.4, -0.2) is 9.91 Å². The van der Waals surface area contributed by atoms with Gasteiger partial charge in [-0.15, -0.1) is 11.3 Å². The molecule has 0 aliphatic rings. The first-order valence-corrected chi connectivity index (χ1v) is 6.31. The van der Waals surface area contributed by atoms with Crippen LogP contribution in [0.5, 0.6) is 0 Å². The summed E-state index contributed by atoms with van der Waals surface area (Å²) in [6.45, 7) is 2.49. The SMILES string of the molecule is Cc1cnc(CNc2cc(NN)cc([N+](=O)[O-])c2)s1. The van der Waals surface area contributed by atoms with Crippen LogP contribution < -0.4 is 16.6 Å². The molecule has 7 nitrogen and oxygen atoms in total. The molecule has 4 N–H and O–H groups in total. The lowest BCUT2D eigenvalue weighted by atomic mass is 10.2. The number of nitrogens with zero attached hydrogens (tertiary/aromatic N) is 2. The summed E-state index contributed by atoms with van der Waals surface area (Å²) >= 11 is 1.58. The molecule has 2 aromatic rings. The maximum atomic E-state index is 10.8. The second kappa shape index (κ2) is 5.63. The quantitative estimate of drug-likeness (QED) is 0.440. The zero-order valence-corrected chi connectivity index (χ0v) is 11.0. The molecule has 0 saturated heterocycles. The van der Waals surface area contributed by atoms with Gasteiger partial charge in [0.2, 0.25) is 0 Å². The first-order chi connectivity index (χ1) is 9.08. The zero-order valence-electron chi connectivity index (χ0n) is 10.2. The molecule has 0 spiro atoms. The molecule has 100 valence electrons. The highest BCUT2D eigenvalue weighted by Crippen LogP contribution is 2.24. The standard InChI is InChI=1S/C11H13N5O2S/c1-7-5-14-11(19-7)6-13-8-2-9(15-12)4-10(3-8)16(17)18/h2-5,13,15H,6,12H2,1H3. The van der Waals surface area contributed by atoms with Crippen molar-refractivity contribution in [2.75, 3.05) is 10.7 Å². The number of hydrazine groups is 1. The van der Waals surface area contributed by atoms with Gasteiger partial charge in [-0.25, -0.2) is 4.98 Å². The highest BCUT2D eigenvalue weighted by Gasteiger charge is 2.09. The number of aryl methyl sites for hydroxylation is 1. The van der Waals surface area contributed by atoms with Crippen LogP contribution in [0.25, 0.3) is 0 Å². The zero-order chi connectivity index (χ0) is 13.8. The number of nitrogens with two attached hydrogens (primary N) is 1. The van der Waals surface area contributed by atoms with Gasteiger partial charge >= 0.3 is 0 Å². The van der Waals surface area contributed by atoms with E-state index < -0.39 is 4.92 Å². The van der Waals surface area contributed by atoms with Gasteiger partial charge in [-0.1, -0.05) is 0 Å². The van der Waals surface area contributed by atoms with E-state index in [1.807, 2.05) is 6.92 Å². The van der Waals surface area contributed by atoms with E-state index in [1.54, 1.807) is 23.6 Å². The molecule has 0 unspecified atom stereocenters. The maximum absolute atomic E-state index is 10.8. The summed E-state index contributed by atoms with van der Waals surface area (Å²) in [5.41, 5.74) is 3.49. The number of nitro benzene ring substituents is 1. The van der Waals surface area contributed by atoms with Crippen molar-refractivity contribution in [3.8, 4) is 0 Å². The normalized spacial score (nSPS) is 10.2. The Labute approximate surface area is 113 Å². The van der Waals surface area contributed by atoms with Gasteiger partial charge in [0.15, 0.2) is 0 Å². The van der Waals surface area contributed by atoms with E-state index in [9.17, 15) is 10.1 Å². The Balaban J connectivity index is 2.15. The Morgan fingerprint density at radius 3 is 2.74 bits per heavy atom. The van der Waals surface area contributed by atoms with Crippen LogP contribution in [0.3, 0.4) is 0 Å². The molecule has 19 heavy (non-hydrogen) atoms. The van der Waals surface area contributed by atoms with E-state index in [0.717, 1.165) is 9.88 Å². The van der Waals surface area contributed by atoms with Crippen LogP contribution >= 0.6 is 11.3 Å². The van der Waals surface area contributed by atoms with Gasteiger partial charge in [0.25, 0.3) is 5.69 Å². The van der Waals surface area contributed by atoms with Crippen molar-refractivity contribution in [3.05, 3.63) is 44.4 Å². The molecule has 1 heterocycles. The molecule has 0 aliphatic heterocycles. The molecular formula is C11H13N5O2S. The minimum absolute atomic E-state index is 0.0201. The van der Waals surface area contributed by atoms with E-state index in [4.69, 9.17) is 5.84 Å². The summed E-state index contributed by atoms with van der Waals surface area (Å²) in [5, 5.41) is 14.8. The fourth-order valence-corrected chi connectivity index (χ4v) is 2.29. The topological polar surface area (TPSA) is 106 Å². The van der Waals surface area contributed by atoms with Crippen LogP contribution in [0.15, 0.2) is 24.4 Å². The average molecular weight is 279 g/mol. The summed E-state index contributed by atoms with van der Waals surface area (Å²) in [7, 11) is 0. The van der Waals surface area contributed by atoms with Crippen LogP contribution in [-0.2, 0) is 6.54 Å². The first kappa shape index (κ1) is 13.2. The Morgan fingerprint density at radius 1 is 1.42 bits per heavy atom. The van der Waals surface area contributed by atoms with E-state index in [0.29, 0.717) is 17.9 Å². The van der Waals surface area contributed by atoms with Gasteiger partial charge < -0.3 is 10.7 Å². The first-order valence-electron chi connectivity index (χ1n) is 5.50. The van der Waals surface area contributed by atoms with Crippen molar-refractivity contribution in [2.24, 2.45) is 5.84 Å². The molecule has 0 amide bonds. The number of nitrogen functional groups attached to an aromatic ring is 1. The van der Waals surface area contributed by atoms with Gasteiger partial charge in [-0.05, 0) is 13.0 Å². The molecule has 0 saturated carbocycles. The van der Waals surface area contributed by atoms with Crippen molar-refractivity contribution in [3.63, 3.8) is 0 Å². The fourth-order valence-electron chi connectivity index (χ4n) is 1.56. The smallest absolute Gasteiger partial charge is 0.273 e. The number of thiazole rings is 1. The molecular weight excluding hydrogens is 266 g/mol. The number of non-ortho nitro benzene ring substituents is 1. The lowest BCUT2D eigenvalue weighted by Gasteiger charge is -2.07. The van der Waals surface area contributed by atoms with Crippen molar-refractivity contribution < 1.29 is 4.92 Å². The maximum Gasteiger partial charge on any atom is 0.273 e. The summed E-state index contributed by atoms with van der Waals surface area (Å²) < 4.78 is 0. The van der Waals surface area contributed by atoms with Crippen molar-refractivity contribution in [1.29, 1.82) is 0 Å². The minimum Gasteiger partial charge on any atom is -0.378 e. The predicted molar refractivity (Wildman–Crippen MR) is 75.1 cm³/mol. The van der Waals surface area contributed by atoms with Crippen LogP contribution in [0, 0.1) is 17.0 Å². The van der Waals surface area contributed by atoms with Crippen molar-refractivity contribution >= 4 is 28.4 Å². The molecule has 0 atom stereocenters. The van der Waals surface area contributed by atoms with Crippen molar-refractivity contribution in [1.82, 2.24) is 4.98 Å². The fraction of sp³-hybridized carbons (Fsp3) is 0.182. The molecule has 8 heteroatoms. The third kappa shape index (κ3) is 3.39. The van der Waals surface area contributed by atoms with Gasteiger partial charge in [0.05, 0.1) is 17.2 Å². The van der Waals surface area contributed by atoms with Crippen LogP contribution in [0.4, 0.5) is 17.1 Å². The molecule has 1 aromatic carbocycles. The van der Waals surface area contributed by atoms with Crippen LogP contribution in [0.2, 0.25) is 0 Å². The number of hydrogen-bond acceptors (Lipinski definition) is 7. The third-order valence-corrected chi connectivity index (χ3v) is 3.32. The summed E-state index contributed by atoms with van der Waals surface area (Å²) in [6.07, 6.45) is 1.79. The molecule has 0 radical (unpaired) electrons. The Morgan fingerprint density at radius 2 is 2.16 bits per heavy atom. The number of rotatable bonds is 5. The minimum atomic E-state index is -0.459. The van der Waals surface area contributed by atoms with E-state index in [-0.39, 0.29) is 5.69 Å². The van der Waals surface area contributed by atoms with E-state index >= 15 is 0 Å². The molecule has 0 fully saturated rings. The van der Waals surface area contributed by atoms with Crippen LogP contribution in [0.1, 0.15) is 9.88 Å². The summed E-state index contributed by atoms with van der Waals surface area (Å²) in [6, 6.07) is 4.54. The Kier molecular flexibility index (Phi) is 3.93. The number of hydrogen-bond donors (Lipinski definition) is 3.